The van der Waals surface area contributed by atoms with Gasteiger partial charge in [-0.2, -0.15) is 0 Å². The Hall–Kier alpha value is -4.10. The Morgan fingerprint density at radius 3 is 2.84 bits per heavy atom. The first-order chi connectivity index (χ1) is 15.0. The van der Waals surface area contributed by atoms with Gasteiger partial charge in [-0.05, 0) is 42.1 Å². The van der Waals surface area contributed by atoms with Crippen LogP contribution in [0.25, 0.3) is 21.7 Å². The lowest BCUT2D eigenvalue weighted by Gasteiger charge is -2.20. The number of pyridine rings is 1. The summed E-state index contributed by atoms with van der Waals surface area (Å²) in [6.45, 7) is 1.70. The number of hydrogen-bond donors (Lipinski definition) is 3. The number of carbonyl (C=O) groups excluding carboxylic acids is 2. The molecule has 1 aliphatic carbocycles. The molecule has 4 rings (SSSR count). The maximum atomic E-state index is 13.1. The topological polar surface area (TPSA) is 136 Å². The minimum Gasteiger partial charge on any atom is -0.356 e. The predicted octanol–water partition coefficient (Wildman–Crippen LogP) is 4.83. The van der Waals surface area contributed by atoms with E-state index in [0.717, 1.165) is 22.6 Å². The number of para-hydroxylation sites is 1. The number of carbonyl (C=O) groups is 2. The van der Waals surface area contributed by atoms with E-state index in [4.69, 9.17) is 5.53 Å². The Morgan fingerprint density at radius 1 is 1.29 bits per heavy atom. The number of ketones is 1. The smallest absolute Gasteiger partial charge is 0.222 e. The average Bonchev–Trinajstić information content (AvgIpc) is 3.11. The Balaban J connectivity index is 1.80. The van der Waals surface area contributed by atoms with Gasteiger partial charge in [0, 0.05) is 47.9 Å². The molecular formula is C22H21N7O2. The quantitative estimate of drug-likeness (QED) is 0.302. The number of hydrogen-bond acceptors (Lipinski definition) is 5. The van der Waals surface area contributed by atoms with Gasteiger partial charge in [0.2, 0.25) is 5.91 Å². The molecule has 2 heterocycles. The molecule has 0 saturated carbocycles. The summed E-state index contributed by atoms with van der Waals surface area (Å²) < 4.78 is 0. The highest BCUT2D eigenvalue weighted by molar-refractivity contribution is 6.07. The number of amides is 1. The van der Waals surface area contributed by atoms with E-state index in [9.17, 15) is 9.59 Å². The lowest BCUT2D eigenvalue weighted by atomic mass is 9.86. The van der Waals surface area contributed by atoms with Gasteiger partial charge in [0.25, 0.3) is 0 Å². The van der Waals surface area contributed by atoms with Gasteiger partial charge >= 0.3 is 0 Å². The summed E-state index contributed by atoms with van der Waals surface area (Å²) in [7, 11) is 0. The summed E-state index contributed by atoms with van der Waals surface area (Å²) in [5, 5.41) is 9.72. The number of azide groups is 1. The molecule has 0 spiro atoms. The summed E-state index contributed by atoms with van der Waals surface area (Å²) in [4.78, 5) is 34.9. The minimum absolute atomic E-state index is 0.00328. The van der Waals surface area contributed by atoms with Crippen LogP contribution in [0.3, 0.4) is 0 Å². The van der Waals surface area contributed by atoms with Gasteiger partial charge in [-0.3, -0.25) is 9.59 Å². The van der Waals surface area contributed by atoms with Crippen LogP contribution in [0.4, 0.5) is 17.2 Å². The Bertz CT molecular complexity index is 1180. The van der Waals surface area contributed by atoms with E-state index in [-0.39, 0.29) is 24.2 Å². The van der Waals surface area contributed by atoms with Crippen molar-refractivity contribution in [2.45, 2.75) is 19.8 Å². The fraction of sp³-hybridized carbons (Fsp3) is 0.227. The molecule has 156 valence electrons. The molecule has 1 atom stereocenters. The van der Waals surface area contributed by atoms with Crippen molar-refractivity contribution < 1.29 is 9.59 Å². The van der Waals surface area contributed by atoms with Crippen LogP contribution >= 0.6 is 0 Å². The first kappa shape index (κ1) is 20.2. The van der Waals surface area contributed by atoms with Crippen LogP contribution in [-0.4, -0.2) is 28.2 Å². The van der Waals surface area contributed by atoms with E-state index in [1.54, 1.807) is 12.3 Å². The molecule has 3 aromatic rings. The summed E-state index contributed by atoms with van der Waals surface area (Å²) in [5.74, 6) is 0.167. The molecule has 9 nitrogen and oxygen atoms in total. The second-order valence-corrected chi connectivity index (χ2v) is 7.44. The average molecular weight is 415 g/mol. The SMILES string of the molecule is CC(=O)Nc1cc(-c2[nH]c3c(c2Nc2ccccc2)C(=O)CC(CN=[N+]=[N-])C3)ccn1. The maximum Gasteiger partial charge on any atom is 0.222 e. The van der Waals surface area contributed by atoms with Crippen molar-refractivity contribution in [1.82, 2.24) is 9.97 Å². The molecule has 0 bridgehead atoms. The molecule has 0 radical (unpaired) electrons. The molecule has 2 aromatic heterocycles. The summed E-state index contributed by atoms with van der Waals surface area (Å²) >= 11 is 0. The first-order valence-corrected chi connectivity index (χ1v) is 9.90. The zero-order valence-corrected chi connectivity index (χ0v) is 16.9. The van der Waals surface area contributed by atoms with Crippen LogP contribution in [0.1, 0.15) is 29.4 Å². The molecule has 1 unspecified atom stereocenters. The van der Waals surface area contributed by atoms with Gasteiger partial charge < -0.3 is 15.6 Å². The molecule has 1 amide bonds. The number of anilines is 3. The number of nitrogens with one attached hydrogen (secondary N) is 3. The molecule has 1 aromatic carbocycles. The predicted molar refractivity (Wildman–Crippen MR) is 118 cm³/mol. The number of nitrogens with zero attached hydrogens (tertiary/aromatic N) is 4. The summed E-state index contributed by atoms with van der Waals surface area (Å²) in [6.07, 6.45) is 2.53. The zero-order valence-electron chi connectivity index (χ0n) is 16.9. The highest BCUT2D eigenvalue weighted by Crippen LogP contribution is 2.40. The van der Waals surface area contributed by atoms with Crippen LogP contribution in [0, 0.1) is 5.92 Å². The number of Topliss-reactive ketones (excluding diaryl/α,β-unsaturated/α-hetero) is 1. The normalized spacial score (nSPS) is 15.0. The fourth-order valence-corrected chi connectivity index (χ4v) is 3.86. The third-order valence-corrected chi connectivity index (χ3v) is 5.12. The van der Waals surface area contributed by atoms with Crippen LogP contribution in [0.15, 0.2) is 53.8 Å². The number of fused-ring (bicyclic) bond motifs is 1. The van der Waals surface area contributed by atoms with Crippen molar-refractivity contribution in [3.8, 4) is 11.3 Å². The molecule has 0 aliphatic heterocycles. The number of H-pyrrole nitrogens is 1. The van der Waals surface area contributed by atoms with E-state index in [2.05, 4.69) is 30.6 Å². The zero-order chi connectivity index (χ0) is 21.8. The van der Waals surface area contributed by atoms with Crippen LogP contribution < -0.4 is 10.6 Å². The molecule has 31 heavy (non-hydrogen) atoms. The highest BCUT2D eigenvalue weighted by Gasteiger charge is 2.31. The minimum atomic E-state index is -0.214. The lowest BCUT2D eigenvalue weighted by Crippen LogP contribution is -2.22. The van der Waals surface area contributed by atoms with Crippen LogP contribution in [0.5, 0.6) is 0 Å². The van der Waals surface area contributed by atoms with Crippen molar-refractivity contribution in [3.05, 3.63) is 70.4 Å². The first-order valence-electron chi connectivity index (χ1n) is 9.90. The Morgan fingerprint density at radius 2 is 2.10 bits per heavy atom. The van der Waals surface area contributed by atoms with Gasteiger partial charge in [0.05, 0.1) is 16.9 Å². The van der Waals surface area contributed by atoms with Crippen LogP contribution in [0.2, 0.25) is 0 Å². The molecule has 0 fully saturated rings. The van der Waals surface area contributed by atoms with Crippen molar-refractivity contribution in [2.24, 2.45) is 11.0 Å². The number of aromatic nitrogens is 2. The van der Waals surface area contributed by atoms with Gasteiger partial charge in [-0.15, -0.1) is 0 Å². The molecule has 1 aliphatic rings. The molecular weight excluding hydrogens is 394 g/mol. The van der Waals surface area contributed by atoms with Gasteiger partial charge in [0.15, 0.2) is 5.78 Å². The van der Waals surface area contributed by atoms with Crippen molar-refractivity contribution in [2.75, 3.05) is 17.2 Å². The Kier molecular flexibility index (Phi) is 5.68. The molecule has 0 saturated heterocycles. The van der Waals surface area contributed by atoms with E-state index in [1.165, 1.54) is 6.92 Å². The van der Waals surface area contributed by atoms with Crippen molar-refractivity contribution in [1.29, 1.82) is 0 Å². The molecule has 3 N–H and O–H groups in total. The summed E-state index contributed by atoms with van der Waals surface area (Å²) in [5.41, 5.74) is 13.1. The van der Waals surface area contributed by atoms with Gasteiger partial charge in [0.1, 0.15) is 5.82 Å². The van der Waals surface area contributed by atoms with Crippen molar-refractivity contribution in [3.63, 3.8) is 0 Å². The van der Waals surface area contributed by atoms with Crippen molar-refractivity contribution >= 4 is 28.9 Å². The van der Waals surface area contributed by atoms with Gasteiger partial charge in [-0.1, -0.05) is 23.3 Å². The third kappa shape index (κ3) is 4.41. The Labute approximate surface area is 178 Å². The second-order valence-electron chi connectivity index (χ2n) is 7.44. The third-order valence-electron chi connectivity index (χ3n) is 5.12. The van der Waals surface area contributed by atoms with E-state index < -0.39 is 0 Å². The fourth-order valence-electron chi connectivity index (χ4n) is 3.86. The van der Waals surface area contributed by atoms with E-state index in [1.807, 2.05) is 36.4 Å². The number of benzene rings is 1. The maximum absolute atomic E-state index is 13.1. The molecule has 9 heteroatoms. The number of aromatic amines is 1. The largest absolute Gasteiger partial charge is 0.356 e. The summed E-state index contributed by atoms with van der Waals surface area (Å²) in [6, 6.07) is 13.2. The highest BCUT2D eigenvalue weighted by atomic mass is 16.1. The number of rotatable bonds is 6. The van der Waals surface area contributed by atoms with E-state index >= 15 is 0 Å². The monoisotopic (exact) mass is 415 g/mol. The van der Waals surface area contributed by atoms with Crippen LogP contribution in [-0.2, 0) is 11.2 Å². The lowest BCUT2D eigenvalue weighted by molar-refractivity contribution is -0.114. The second kappa shape index (κ2) is 8.73. The standard InChI is InChI=1S/C22H21N7O2/c1-13(30)26-19-11-15(7-8-24-19)21-22(27-16-5-3-2-4-6-16)20-17(28-21)9-14(10-18(20)31)12-25-29-23/h2-8,11,14,27-28H,9-10,12H2,1H3,(H,24,26,30). The van der Waals surface area contributed by atoms with E-state index in [0.29, 0.717) is 29.9 Å². The van der Waals surface area contributed by atoms with Gasteiger partial charge in [-0.25, -0.2) is 4.98 Å².